The van der Waals surface area contributed by atoms with E-state index in [1.165, 1.54) is 6.92 Å². The van der Waals surface area contributed by atoms with E-state index in [9.17, 15) is 9.59 Å². The number of carbonyl (C=O) groups excluding carboxylic acids is 2. The van der Waals surface area contributed by atoms with E-state index in [0.29, 0.717) is 5.69 Å². The summed E-state index contributed by atoms with van der Waals surface area (Å²) in [5.74, 6) is -0.354. The minimum absolute atomic E-state index is 0.138. The average Bonchev–Trinajstić information content (AvgIpc) is 2.97. The van der Waals surface area contributed by atoms with Gasteiger partial charge in [0, 0.05) is 6.92 Å². The van der Waals surface area contributed by atoms with Crippen molar-refractivity contribution in [3.63, 3.8) is 0 Å². The standard InChI is InChI=1S/C22H24N4O2/c1-15-22(16(2)26(25-15)19-12-8-5-9-13-19)24-21(28)14-20(23-17(3)27)18-10-6-4-7-11-18/h4-13,20H,14H2,1-3H3,(H,23,27)(H,24,28). The smallest absolute Gasteiger partial charge is 0.226 e. The van der Waals surface area contributed by atoms with E-state index in [2.05, 4.69) is 15.7 Å². The third-order valence-corrected chi connectivity index (χ3v) is 4.53. The fourth-order valence-corrected chi connectivity index (χ4v) is 3.20. The van der Waals surface area contributed by atoms with E-state index in [-0.39, 0.29) is 24.3 Å². The minimum Gasteiger partial charge on any atom is -0.349 e. The van der Waals surface area contributed by atoms with Gasteiger partial charge >= 0.3 is 0 Å². The van der Waals surface area contributed by atoms with Gasteiger partial charge in [0.15, 0.2) is 0 Å². The van der Waals surface area contributed by atoms with Crippen molar-refractivity contribution in [2.75, 3.05) is 5.32 Å². The molecule has 0 spiro atoms. The molecule has 0 fully saturated rings. The summed E-state index contributed by atoms with van der Waals surface area (Å²) in [5, 5.41) is 10.4. The van der Waals surface area contributed by atoms with Crippen molar-refractivity contribution in [3.05, 3.63) is 77.6 Å². The normalized spacial score (nSPS) is 11.7. The lowest BCUT2D eigenvalue weighted by Gasteiger charge is -2.18. The number of carbonyl (C=O) groups is 2. The zero-order chi connectivity index (χ0) is 20.1. The van der Waals surface area contributed by atoms with Crippen LogP contribution >= 0.6 is 0 Å². The zero-order valence-corrected chi connectivity index (χ0v) is 16.3. The van der Waals surface area contributed by atoms with Crippen LogP contribution in [0.3, 0.4) is 0 Å². The molecule has 1 aromatic heterocycles. The molecule has 3 aromatic rings. The zero-order valence-electron chi connectivity index (χ0n) is 16.3. The molecule has 1 unspecified atom stereocenters. The number of amides is 2. The number of rotatable bonds is 6. The summed E-state index contributed by atoms with van der Waals surface area (Å²) >= 11 is 0. The second-order valence-corrected chi connectivity index (χ2v) is 6.71. The molecule has 0 saturated heterocycles. The molecule has 2 amide bonds. The van der Waals surface area contributed by atoms with Gasteiger partial charge in [0.2, 0.25) is 11.8 Å². The molecular weight excluding hydrogens is 352 g/mol. The highest BCUT2D eigenvalue weighted by atomic mass is 16.2. The summed E-state index contributed by atoms with van der Waals surface area (Å²) < 4.78 is 1.81. The maximum absolute atomic E-state index is 12.7. The van der Waals surface area contributed by atoms with E-state index in [4.69, 9.17) is 0 Å². The van der Waals surface area contributed by atoms with Gasteiger partial charge in [0.1, 0.15) is 0 Å². The Kier molecular flexibility index (Phi) is 5.89. The van der Waals surface area contributed by atoms with Gasteiger partial charge in [-0.05, 0) is 31.5 Å². The summed E-state index contributed by atoms with van der Waals surface area (Å²) in [6, 6.07) is 18.9. The average molecular weight is 376 g/mol. The number of nitrogens with zero attached hydrogens (tertiary/aromatic N) is 2. The van der Waals surface area contributed by atoms with Crippen molar-refractivity contribution in [2.24, 2.45) is 0 Å². The first-order valence-electron chi connectivity index (χ1n) is 9.19. The molecular formula is C22H24N4O2. The predicted molar refractivity (Wildman–Crippen MR) is 109 cm³/mol. The van der Waals surface area contributed by atoms with Crippen LogP contribution in [0.4, 0.5) is 5.69 Å². The van der Waals surface area contributed by atoms with Gasteiger partial charge in [-0.3, -0.25) is 9.59 Å². The molecule has 6 nitrogen and oxygen atoms in total. The molecule has 28 heavy (non-hydrogen) atoms. The van der Waals surface area contributed by atoms with Gasteiger partial charge in [-0.25, -0.2) is 4.68 Å². The quantitative estimate of drug-likeness (QED) is 0.689. The van der Waals surface area contributed by atoms with Crippen LogP contribution in [-0.4, -0.2) is 21.6 Å². The van der Waals surface area contributed by atoms with Gasteiger partial charge in [-0.2, -0.15) is 5.10 Å². The summed E-state index contributed by atoms with van der Waals surface area (Å²) in [4.78, 5) is 24.3. The maximum atomic E-state index is 12.7. The number of aromatic nitrogens is 2. The Morgan fingerprint density at radius 2 is 1.61 bits per heavy atom. The highest BCUT2D eigenvalue weighted by molar-refractivity contribution is 5.92. The molecule has 0 saturated carbocycles. The Morgan fingerprint density at radius 3 is 2.21 bits per heavy atom. The molecule has 2 N–H and O–H groups in total. The SMILES string of the molecule is CC(=O)NC(CC(=O)Nc1c(C)nn(-c2ccccc2)c1C)c1ccccc1. The molecule has 0 aliphatic rings. The number of anilines is 1. The highest BCUT2D eigenvalue weighted by Crippen LogP contribution is 2.24. The molecule has 144 valence electrons. The summed E-state index contributed by atoms with van der Waals surface area (Å²) in [6.07, 6.45) is 0.138. The molecule has 0 radical (unpaired) electrons. The van der Waals surface area contributed by atoms with E-state index in [1.54, 1.807) is 0 Å². The molecule has 0 bridgehead atoms. The Bertz CT molecular complexity index is 965. The number of hydrogen-bond acceptors (Lipinski definition) is 3. The van der Waals surface area contributed by atoms with Gasteiger partial charge in [-0.15, -0.1) is 0 Å². The Hall–Kier alpha value is -3.41. The Balaban J connectivity index is 1.79. The predicted octanol–water partition coefficient (Wildman–Crippen LogP) is 3.70. The number of para-hydroxylation sites is 1. The summed E-state index contributed by atoms with van der Waals surface area (Å²) in [7, 11) is 0. The van der Waals surface area contributed by atoms with Crippen molar-refractivity contribution in [1.29, 1.82) is 0 Å². The first-order valence-corrected chi connectivity index (χ1v) is 9.19. The van der Waals surface area contributed by atoms with Crippen LogP contribution in [0.2, 0.25) is 0 Å². The lowest BCUT2D eigenvalue weighted by Crippen LogP contribution is -2.29. The van der Waals surface area contributed by atoms with Crippen molar-refractivity contribution < 1.29 is 9.59 Å². The van der Waals surface area contributed by atoms with Crippen LogP contribution in [0.1, 0.15) is 36.3 Å². The molecule has 1 heterocycles. The third kappa shape index (κ3) is 4.46. The number of hydrogen-bond donors (Lipinski definition) is 2. The number of nitrogens with one attached hydrogen (secondary N) is 2. The van der Waals surface area contributed by atoms with Crippen molar-refractivity contribution in [2.45, 2.75) is 33.2 Å². The third-order valence-electron chi connectivity index (χ3n) is 4.53. The second kappa shape index (κ2) is 8.52. The molecule has 6 heteroatoms. The second-order valence-electron chi connectivity index (χ2n) is 6.71. The first kappa shape index (κ1) is 19.4. The molecule has 1 atom stereocenters. The van der Waals surface area contributed by atoms with Gasteiger partial charge < -0.3 is 10.6 Å². The van der Waals surface area contributed by atoms with Crippen LogP contribution in [0.25, 0.3) is 5.69 Å². The maximum Gasteiger partial charge on any atom is 0.226 e. The van der Waals surface area contributed by atoms with Crippen LogP contribution in [0.5, 0.6) is 0 Å². The van der Waals surface area contributed by atoms with Crippen molar-refractivity contribution in [1.82, 2.24) is 15.1 Å². The van der Waals surface area contributed by atoms with E-state index in [0.717, 1.165) is 22.6 Å². The van der Waals surface area contributed by atoms with E-state index >= 15 is 0 Å². The highest BCUT2D eigenvalue weighted by Gasteiger charge is 2.20. The fraction of sp³-hybridized carbons (Fsp3) is 0.227. The van der Waals surface area contributed by atoms with Crippen LogP contribution in [0.15, 0.2) is 60.7 Å². The molecule has 2 aromatic carbocycles. The Labute approximate surface area is 164 Å². The lowest BCUT2D eigenvalue weighted by molar-refractivity contribution is -0.120. The summed E-state index contributed by atoms with van der Waals surface area (Å²) in [6.45, 7) is 5.24. The van der Waals surface area contributed by atoms with Gasteiger partial charge in [0.05, 0.1) is 35.2 Å². The summed E-state index contributed by atoms with van der Waals surface area (Å²) in [5.41, 5.74) is 4.12. The van der Waals surface area contributed by atoms with Crippen LogP contribution in [0, 0.1) is 13.8 Å². The molecule has 3 rings (SSSR count). The van der Waals surface area contributed by atoms with Crippen LogP contribution in [-0.2, 0) is 9.59 Å². The minimum atomic E-state index is -0.386. The fourth-order valence-electron chi connectivity index (χ4n) is 3.20. The largest absolute Gasteiger partial charge is 0.349 e. The van der Waals surface area contributed by atoms with Crippen molar-refractivity contribution >= 4 is 17.5 Å². The molecule has 0 aliphatic heterocycles. The van der Waals surface area contributed by atoms with E-state index in [1.807, 2.05) is 79.2 Å². The number of aryl methyl sites for hydroxylation is 1. The monoisotopic (exact) mass is 376 g/mol. The molecule has 0 aliphatic carbocycles. The van der Waals surface area contributed by atoms with Gasteiger partial charge in [0.25, 0.3) is 0 Å². The lowest BCUT2D eigenvalue weighted by atomic mass is 10.0. The first-order chi connectivity index (χ1) is 13.5. The van der Waals surface area contributed by atoms with Crippen molar-refractivity contribution in [3.8, 4) is 5.69 Å². The Morgan fingerprint density at radius 1 is 1.00 bits per heavy atom. The number of benzene rings is 2. The topological polar surface area (TPSA) is 76.0 Å². The van der Waals surface area contributed by atoms with Crippen LogP contribution < -0.4 is 10.6 Å². The van der Waals surface area contributed by atoms with Gasteiger partial charge in [-0.1, -0.05) is 48.5 Å². The van der Waals surface area contributed by atoms with E-state index < -0.39 is 0 Å².